The number of ether oxygens (including phenoxy) is 1. The minimum Gasteiger partial charge on any atom is -0.372 e. The Morgan fingerprint density at radius 3 is 2.61 bits per heavy atom. The normalized spacial score (nSPS) is 24.3. The molecule has 1 fully saturated rings. The number of nitrogens with zero attached hydrogens (tertiary/aromatic N) is 3. The van der Waals surface area contributed by atoms with Gasteiger partial charge in [0.15, 0.2) is 0 Å². The van der Waals surface area contributed by atoms with Crippen molar-refractivity contribution < 1.29 is 4.74 Å². The molecule has 0 aliphatic carbocycles. The zero-order valence-electron chi connectivity index (χ0n) is 11.6. The van der Waals surface area contributed by atoms with Gasteiger partial charge in [0.1, 0.15) is 0 Å². The highest BCUT2D eigenvalue weighted by atomic mass is 16.5. The maximum atomic E-state index is 5.72. The third kappa shape index (κ3) is 2.97. The van der Waals surface area contributed by atoms with E-state index < -0.39 is 0 Å². The van der Waals surface area contributed by atoms with Crippen LogP contribution >= 0.6 is 0 Å². The fourth-order valence-corrected chi connectivity index (χ4v) is 2.34. The molecule has 0 bridgehead atoms. The number of aromatic nitrogens is 2. The van der Waals surface area contributed by atoms with Crippen LogP contribution < -0.4 is 10.2 Å². The van der Waals surface area contributed by atoms with E-state index in [1.54, 1.807) is 0 Å². The molecule has 2 heterocycles. The van der Waals surface area contributed by atoms with E-state index in [0.29, 0.717) is 0 Å². The van der Waals surface area contributed by atoms with Crippen molar-refractivity contribution in [2.75, 3.05) is 25.0 Å². The third-order valence-electron chi connectivity index (χ3n) is 3.14. The van der Waals surface area contributed by atoms with Crippen molar-refractivity contribution in [2.24, 2.45) is 0 Å². The van der Waals surface area contributed by atoms with E-state index in [1.165, 1.54) is 0 Å². The number of morpholine rings is 1. The fourth-order valence-electron chi connectivity index (χ4n) is 2.34. The van der Waals surface area contributed by atoms with Gasteiger partial charge >= 0.3 is 0 Å². The summed E-state index contributed by atoms with van der Waals surface area (Å²) in [5.41, 5.74) is 2.19. The van der Waals surface area contributed by atoms with Gasteiger partial charge in [-0.25, -0.2) is 9.97 Å². The third-order valence-corrected chi connectivity index (χ3v) is 3.14. The number of anilines is 1. The van der Waals surface area contributed by atoms with Crippen LogP contribution in [0.25, 0.3) is 0 Å². The molecule has 0 saturated carbocycles. The molecular weight excluding hydrogens is 228 g/mol. The molecule has 0 amide bonds. The minimum atomic E-state index is 0.231. The van der Waals surface area contributed by atoms with Crippen LogP contribution in [0.4, 0.5) is 5.95 Å². The van der Waals surface area contributed by atoms with Crippen LogP contribution in [0.1, 0.15) is 25.1 Å². The first-order valence-corrected chi connectivity index (χ1v) is 6.47. The zero-order chi connectivity index (χ0) is 13.1. The lowest BCUT2D eigenvalue weighted by molar-refractivity contribution is -0.00573. The van der Waals surface area contributed by atoms with Crippen molar-refractivity contribution >= 4 is 5.95 Å². The molecule has 1 aromatic heterocycles. The van der Waals surface area contributed by atoms with Crippen LogP contribution in [0.2, 0.25) is 0 Å². The monoisotopic (exact) mass is 250 g/mol. The molecule has 2 atom stereocenters. The van der Waals surface area contributed by atoms with E-state index in [0.717, 1.165) is 36.8 Å². The maximum Gasteiger partial charge on any atom is 0.225 e. The molecule has 5 nitrogen and oxygen atoms in total. The molecule has 2 unspecified atom stereocenters. The van der Waals surface area contributed by atoms with Crippen LogP contribution in [-0.4, -0.2) is 42.3 Å². The van der Waals surface area contributed by atoms with Gasteiger partial charge < -0.3 is 15.0 Å². The molecule has 1 aliphatic rings. The van der Waals surface area contributed by atoms with E-state index >= 15 is 0 Å². The molecule has 18 heavy (non-hydrogen) atoms. The highest BCUT2D eigenvalue weighted by molar-refractivity contribution is 5.34. The van der Waals surface area contributed by atoms with Crippen LogP contribution in [0, 0.1) is 6.92 Å². The van der Waals surface area contributed by atoms with E-state index in [4.69, 9.17) is 4.74 Å². The van der Waals surface area contributed by atoms with Gasteiger partial charge in [-0.05, 0) is 27.8 Å². The minimum absolute atomic E-state index is 0.231. The van der Waals surface area contributed by atoms with Gasteiger partial charge in [0.05, 0.1) is 12.2 Å². The summed E-state index contributed by atoms with van der Waals surface area (Å²) >= 11 is 0. The van der Waals surface area contributed by atoms with E-state index in [2.05, 4.69) is 34.0 Å². The fraction of sp³-hybridized carbons (Fsp3) is 0.692. The Kier molecular flexibility index (Phi) is 4.14. The number of rotatable bonds is 3. The van der Waals surface area contributed by atoms with Gasteiger partial charge in [0, 0.05) is 37.1 Å². The maximum absolute atomic E-state index is 5.72. The summed E-state index contributed by atoms with van der Waals surface area (Å²) in [6.45, 7) is 8.73. The second kappa shape index (κ2) is 5.63. The number of nitrogens with one attached hydrogen (secondary N) is 1. The summed E-state index contributed by atoms with van der Waals surface area (Å²) in [5.74, 6) is 0.814. The molecule has 1 aliphatic heterocycles. The molecule has 1 aromatic rings. The second-order valence-corrected chi connectivity index (χ2v) is 4.97. The molecule has 1 saturated heterocycles. The van der Waals surface area contributed by atoms with E-state index in [-0.39, 0.29) is 12.2 Å². The van der Waals surface area contributed by atoms with Gasteiger partial charge in [0.25, 0.3) is 0 Å². The molecule has 0 aromatic carbocycles. The predicted octanol–water partition coefficient (Wildman–Crippen LogP) is 1.12. The van der Waals surface area contributed by atoms with Crippen LogP contribution in [-0.2, 0) is 11.3 Å². The zero-order valence-corrected chi connectivity index (χ0v) is 11.6. The SMILES string of the molecule is CNCc1cnc(N2CC(C)OC(C)C2)nc1C. The van der Waals surface area contributed by atoms with Gasteiger partial charge in [-0.2, -0.15) is 0 Å². The summed E-state index contributed by atoms with van der Waals surface area (Å²) in [6, 6.07) is 0. The first-order valence-electron chi connectivity index (χ1n) is 6.47. The molecule has 5 heteroatoms. The average Bonchev–Trinajstić information content (AvgIpc) is 2.30. The first-order chi connectivity index (χ1) is 8.60. The highest BCUT2D eigenvalue weighted by Gasteiger charge is 2.24. The molecule has 0 radical (unpaired) electrons. The Morgan fingerprint density at radius 1 is 1.39 bits per heavy atom. The lowest BCUT2D eigenvalue weighted by Crippen LogP contribution is -2.46. The topological polar surface area (TPSA) is 50.3 Å². The van der Waals surface area contributed by atoms with Crippen molar-refractivity contribution in [2.45, 2.75) is 39.5 Å². The standard InChI is InChI=1S/C13H22N4O/c1-9-7-17(8-10(2)18-9)13-15-6-12(5-14-4)11(3)16-13/h6,9-10,14H,5,7-8H2,1-4H3. The Morgan fingerprint density at radius 2 is 2.06 bits per heavy atom. The Labute approximate surface area is 109 Å². The van der Waals surface area contributed by atoms with Crippen molar-refractivity contribution in [3.05, 3.63) is 17.5 Å². The van der Waals surface area contributed by atoms with Crippen molar-refractivity contribution in [1.29, 1.82) is 0 Å². The van der Waals surface area contributed by atoms with E-state index in [9.17, 15) is 0 Å². The quantitative estimate of drug-likeness (QED) is 0.871. The lowest BCUT2D eigenvalue weighted by atomic mass is 10.2. The summed E-state index contributed by atoms with van der Waals surface area (Å²) in [4.78, 5) is 11.3. The summed E-state index contributed by atoms with van der Waals surface area (Å²) in [6.07, 6.45) is 2.38. The van der Waals surface area contributed by atoms with E-state index in [1.807, 2.05) is 20.2 Å². The molecule has 2 rings (SSSR count). The molecule has 100 valence electrons. The Bertz CT molecular complexity index is 400. The second-order valence-electron chi connectivity index (χ2n) is 4.97. The summed E-state index contributed by atoms with van der Waals surface area (Å²) in [5, 5.41) is 3.12. The largest absolute Gasteiger partial charge is 0.372 e. The Hall–Kier alpha value is -1.20. The molecule has 1 N–H and O–H groups in total. The van der Waals surface area contributed by atoms with Gasteiger partial charge in [0.2, 0.25) is 5.95 Å². The average molecular weight is 250 g/mol. The first kappa shape index (κ1) is 13.2. The molecule has 0 spiro atoms. The van der Waals surface area contributed by atoms with Crippen LogP contribution in [0.3, 0.4) is 0 Å². The van der Waals surface area contributed by atoms with Gasteiger partial charge in [-0.3, -0.25) is 0 Å². The van der Waals surface area contributed by atoms with Gasteiger partial charge in [-0.1, -0.05) is 0 Å². The number of hydrogen-bond donors (Lipinski definition) is 1. The van der Waals surface area contributed by atoms with Crippen LogP contribution in [0.5, 0.6) is 0 Å². The molecular formula is C13H22N4O. The van der Waals surface area contributed by atoms with Crippen molar-refractivity contribution in [1.82, 2.24) is 15.3 Å². The smallest absolute Gasteiger partial charge is 0.225 e. The number of hydrogen-bond acceptors (Lipinski definition) is 5. The summed E-state index contributed by atoms with van der Waals surface area (Å²) in [7, 11) is 1.93. The van der Waals surface area contributed by atoms with Crippen LogP contribution in [0.15, 0.2) is 6.20 Å². The predicted molar refractivity (Wildman–Crippen MR) is 71.8 cm³/mol. The van der Waals surface area contributed by atoms with Crippen molar-refractivity contribution in [3.8, 4) is 0 Å². The summed E-state index contributed by atoms with van der Waals surface area (Å²) < 4.78 is 5.72. The Balaban J connectivity index is 2.15. The number of aryl methyl sites for hydroxylation is 1. The van der Waals surface area contributed by atoms with Crippen molar-refractivity contribution in [3.63, 3.8) is 0 Å². The lowest BCUT2D eigenvalue weighted by Gasteiger charge is -2.35. The highest BCUT2D eigenvalue weighted by Crippen LogP contribution is 2.17. The van der Waals surface area contributed by atoms with Gasteiger partial charge in [-0.15, -0.1) is 0 Å².